The van der Waals surface area contributed by atoms with Crippen molar-refractivity contribution in [3.8, 4) is 0 Å². The number of ether oxygens (including phenoxy) is 1. The second kappa shape index (κ2) is 7.65. The normalized spacial score (nSPS) is 17.2. The van der Waals surface area contributed by atoms with Crippen molar-refractivity contribution < 1.29 is 14.3 Å². The Morgan fingerprint density at radius 1 is 1.25 bits per heavy atom. The van der Waals surface area contributed by atoms with Gasteiger partial charge in [-0.05, 0) is 32.1 Å². The molecule has 0 saturated heterocycles. The van der Waals surface area contributed by atoms with Gasteiger partial charge in [-0.3, -0.25) is 9.59 Å². The molecule has 4 heteroatoms. The van der Waals surface area contributed by atoms with E-state index in [-0.39, 0.29) is 23.7 Å². The second-order valence-electron chi connectivity index (χ2n) is 6.30. The number of methoxy groups -OCH3 is 1. The molecule has 0 atom stereocenters. The maximum absolute atomic E-state index is 12.9. The first-order valence-corrected chi connectivity index (χ1v) is 7.81. The fourth-order valence-electron chi connectivity index (χ4n) is 3.41. The number of esters is 1. The predicted octanol–water partition coefficient (Wildman–Crippen LogP) is 3.00. The summed E-state index contributed by atoms with van der Waals surface area (Å²) in [5, 5.41) is 0. The number of hydrogen-bond donors (Lipinski definition) is 0. The molecule has 1 aliphatic carbocycles. The van der Waals surface area contributed by atoms with Crippen LogP contribution in [0, 0.1) is 11.3 Å². The van der Waals surface area contributed by atoms with E-state index in [1.165, 1.54) is 7.11 Å². The van der Waals surface area contributed by atoms with Crippen LogP contribution in [0.25, 0.3) is 0 Å². The standard InChI is InChI=1S/C16H29NO3/c1-5-17(11-8-14(18)20-4)15(19)16(12-13(2)3)9-6-7-10-16/h13H,5-12H2,1-4H3. The molecule has 20 heavy (non-hydrogen) atoms. The molecule has 0 N–H and O–H groups in total. The van der Waals surface area contributed by atoms with Gasteiger partial charge in [-0.25, -0.2) is 0 Å². The summed E-state index contributed by atoms with van der Waals surface area (Å²) >= 11 is 0. The zero-order chi connectivity index (χ0) is 15.2. The fourth-order valence-corrected chi connectivity index (χ4v) is 3.41. The molecular formula is C16H29NO3. The number of hydrogen-bond acceptors (Lipinski definition) is 3. The van der Waals surface area contributed by atoms with Crippen molar-refractivity contribution in [2.45, 2.75) is 59.3 Å². The highest BCUT2D eigenvalue weighted by Crippen LogP contribution is 2.44. The lowest BCUT2D eigenvalue weighted by atomic mass is 9.77. The lowest BCUT2D eigenvalue weighted by Gasteiger charge is -2.35. The molecule has 0 spiro atoms. The van der Waals surface area contributed by atoms with Crippen molar-refractivity contribution >= 4 is 11.9 Å². The van der Waals surface area contributed by atoms with Gasteiger partial charge in [-0.15, -0.1) is 0 Å². The van der Waals surface area contributed by atoms with E-state index in [0.29, 0.717) is 19.0 Å². The largest absolute Gasteiger partial charge is 0.469 e. The minimum absolute atomic E-state index is 0.180. The van der Waals surface area contributed by atoms with Gasteiger partial charge >= 0.3 is 5.97 Å². The van der Waals surface area contributed by atoms with Crippen molar-refractivity contribution in [2.24, 2.45) is 11.3 Å². The highest BCUT2D eigenvalue weighted by Gasteiger charge is 2.43. The first-order chi connectivity index (χ1) is 9.45. The maximum atomic E-state index is 12.9. The van der Waals surface area contributed by atoms with Crippen molar-refractivity contribution in [1.29, 1.82) is 0 Å². The molecule has 1 amide bonds. The summed E-state index contributed by atoms with van der Waals surface area (Å²) < 4.78 is 4.66. The Balaban J connectivity index is 2.73. The average Bonchev–Trinajstić information content (AvgIpc) is 2.87. The highest BCUT2D eigenvalue weighted by atomic mass is 16.5. The number of nitrogens with zero attached hydrogens (tertiary/aromatic N) is 1. The third-order valence-corrected chi connectivity index (χ3v) is 4.30. The van der Waals surface area contributed by atoms with Crippen LogP contribution in [0.15, 0.2) is 0 Å². The Kier molecular flexibility index (Phi) is 6.50. The van der Waals surface area contributed by atoms with Gasteiger partial charge in [-0.1, -0.05) is 26.7 Å². The SMILES string of the molecule is CCN(CCC(=O)OC)C(=O)C1(CC(C)C)CCCC1. The van der Waals surface area contributed by atoms with Gasteiger partial charge < -0.3 is 9.64 Å². The minimum Gasteiger partial charge on any atom is -0.469 e. The first-order valence-electron chi connectivity index (χ1n) is 7.81. The van der Waals surface area contributed by atoms with Crippen molar-refractivity contribution in [1.82, 2.24) is 4.90 Å². The van der Waals surface area contributed by atoms with Gasteiger partial charge in [0.25, 0.3) is 0 Å². The summed E-state index contributed by atoms with van der Waals surface area (Å²) in [4.78, 5) is 26.0. The molecular weight excluding hydrogens is 254 g/mol. The zero-order valence-electron chi connectivity index (χ0n) is 13.4. The molecule has 0 aromatic rings. The molecule has 0 aliphatic heterocycles. The van der Waals surface area contributed by atoms with E-state index >= 15 is 0 Å². The molecule has 1 rings (SSSR count). The molecule has 0 bridgehead atoms. The Morgan fingerprint density at radius 2 is 1.85 bits per heavy atom. The summed E-state index contributed by atoms with van der Waals surface area (Å²) in [6.07, 6.45) is 5.53. The lowest BCUT2D eigenvalue weighted by Crippen LogP contribution is -2.44. The van der Waals surface area contributed by atoms with Gasteiger partial charge in [0.1, 0.15) is 0 Å². The van der Waals surface area contributed by atoms with E-state index < -0.39 is 0 Å². The van der Waals surface area contributed by atoms with E-state index in [4.69, 9.17) is 0 Å². The topological polar surface area (TPSA) is 46.6 Å². The Bertz CT molecular complexity index is 333. The van der Waals surface area contributed by atoms with E-state index in [2.05, 4.69) is 18.6 Å². The second-order valence-corrected chi connectivity index (χ2v) is 6.30. The fraction of sp³-hybridized carbons (Fsp3) is 0.875. The van der Waals surface area contributed by atoms with Crippen LogP contribution in [-0.2, 0) is 14.3 Å². The minimum atomic E-state index is -0.249. The summed E-state index contributed by atoms with van der Waals surface area (Å²) in [5.41, 5.74) is -0.180. The van der Waals surface area contributed by atoms with E-state index in [0.717, 1.165) is 32.1 Å². The molecule has 1 saturated carbocycles. The monoisotopic (exact) mass is 283 g/mol. The summed E-state index contributed by atoms with van der Waals surface area (Å²) in [6, 6.07) is 0. The van der Waals surface area contributed by atoms with Crippen LogP contribution in [0.5, 0.6) is 0 Å². The molecule has 1 fully saturated rings. The van der Waals surface area contributed by atoms with Gasteiger partial charge in [0.2, 0.25) is 5.91 Å². The van der Waals surface area contributed by atoms with Crippen molar-refractivity contribution in [2.75, 3.05) is 20.2 Å². The molecule has 0 heterocycles. The number of amides is 1. The number of carbonyl (C=O) groups excluding carboxylic acids is 2. The van der Waals surface area contributed by atoms with Gasteiger partial charge in [0, 0.05) is 18.5 Å². The Hall–Kier alpha value is -1.06. The third-order valence-electron chi connectivity index (χ3n) is 4.30. The van der Waals surface area contributed by atoms with Gasteiger partial charge in [0.05, 0.1) is 13.5 Å². The molecule has 0 aromatic heterocycles. The Labute approximate surface area is 122 Å². The summed E-state index contributed by atoms with van der Waals surface area (Å²) in [5.74, 6) is 0.520. The smallest absolute Gasteiger partial charge is 0.307 e. The van der Waals surface area contributed by atoms with E-state index in [9.17, 15) is 9.59 Å². The Morgan fingerprint density at radius 3 is 2.30 bits per heavy atom. The molecule has 1 aliphatic rings. The summed E-state index contributed by atoms with van der Waals surface area (Å²) in [6.45, 7) is 7.47. The van der Waals surface area contributed by atoms with Gasteiger partial charge in [0.15, 0.2) is 0 Å². The van der Waals surface area contributed by atoms with E-state index in [1.807, 2.05) is 11.8 Å². The number of rotatable bonds is 7. The quantitative estimate of drug-likeness (QED) is 0.675. The molecule has 0 aromatic carbocycles. The van der Waals surface area contributed by atoms with Crippen molar-refractivity contribution in [3.05, 3.63) is 0 Å². The first kappa shape index (κ1) is 17.0. The molecule has 116 valence electrons. The van der Waals surface area contributed by atoms with Crippen LogP contribution in [-0.4, -0.2) is 37.0 Å². The summed E-state index contributed by atoms with van der Waals surface area (Å²) in [7, 11) is 1.39. The predicted molar refractivity (Wildman–Crippen MR) is 79.2 cm³/mol. The van der Waals surface area contributed by atoms with Crippen LogP contribution in [0.4, 0.5) is 0 Å². The highest BCUT2D eigenvalue weighted by molar-refractivity contribution is 5.83. The van der Waals surface area contributed by atoms with Gasteiger partial charge in [-0.2, -0.15) is 0 Å². The van der Waals surface area contributed by atoms with Crippen LogP contribution in [0.1, 0.15) is 59.3 Å². The average molecular weight is 283 g/mol. The molecule has 0 radical (unpaired) electrons. The van der Waals surface area contributed by atoms with Crippen LogP contribution in [0.2, 0.25) is 0 Å². The van der Waals surface area contributed by atoms with Crippen LogP contribution in [0.3, 0.4) is 0 Å². The maximum Gasteiger partial charge on any atom is 0.307 e. The van der Waals surface area contributed by atoms with Crippen molar-refractivity contribution in [3.63, 3.8) is 0 Å². The third kappa shape index (κ3) is 4.22. The van der Waals surface area contributed by atoms with Crippen LogP contribution < -0.4 is 0 Å². The zero-order valence-corrected chi connectivity index (χ0v) is 13.4. The van der Waals surface area contributed by atoms with E-state index in [1.54, 1.807) is 0 Å². The van der Waals surface area contributed by atoms with Crippen LogP contribution >= 0.6 is 0 Å². The lowest BCUT2D eigenvalue weighted by molar-refractivity contribution is -0.145. The molecule has 0 unspecified atom stereocenters. The molecule has 4 nitrogen and oxygen atoms in total. The number of carbonyl (C=O) groups is 2.